The van der Waals surface area contributed by atoms with Crippen LogP contribution >= 0.6 is 11.6 Å². The van der Waals surface area contributed by atoms with Gasteiger partial charge in [0.2, 0.25) is 11.6 Å². The first-order valence-corrected chi connectivity index (χ1v) is 3.44. The second kappa shape index (κ2) is 3.41. The Morgan fingerprint density at radius 1 is 0.923 bits per heavy atom. The zero-order valence-corrected chi connectivity index (χ0v) is 7.05. The molecular formula is C7H3ClF4O. The van der Waals surface area contributed by atoms with Crippen molar-refractivity contribution in [2.75, 3.05) is 7.11 Å². The van der Waals surface area contributed by atoms with Gasteiger partial charge in [-0.25, -0.2) is 8.78 Å². The Bertz CT molecular complexity index is 324. The Morgan fingerprint density at radius 3 is 1.62 bits per heavy atom. The third-order valence-electron chi connectivity index (χ3n) is 1.37. The minimum atomic E-state index is -1.67. The molecule has 1 rings (SSSR count). The minimum Gasteiger partial charge on any atom is -0.491 e. The highest BCUT2D eigenvalue weighted by Gasteiger charge is 2.24. The van der Waals surface area contributed by atoms with Crippen molar-refractivity contribution in [2.24, 2.45) is 0 Å². The van der Waals surface area contributed by atoms with Gasteiger partial charge in [0.15, 0.2) is 17.4 Å². The Morgan fingerprint density at radius 2 is 1.31 bits per heavy atom. The lowest BCUT2D eigenvalue weighted by atomic mass is 10.3. The number of benzene rings is 1. The van der Waals surface area contributed by atoms with Gasteiger partial charge < -0.3 is 4.74 Å². The highest BCUT2D eigenvalue weighted by atomic mass is 35.5. The highest BCUT2D eigenvalue weighted by Crippen LogP contribution is 2.32. The van der Waals surface area contributed by atoms with Crippen LogP contribution in [0.5, 0.6) is 5.75 Å². The first-order valence-electron chi connectivity index (χ1n) is 3.06. The van der Waals surface area contributed by atoms with E-state index in [0.29, 0.717) is 0 Å². The van der Waals surface area contributed by atoms with Gasteiger partial charge in [-0.1, -0.05) is 11.6 Å². The van der Waals surface area contributed by atoms with Gasteiger partial charge in [0.05, 0.1) is 7.11 Å². The number of ether oxygens (including phenoxy) is 1. The molecule has 6 heteroatoms. The number of rotatable bonds is 1. The van der Waals surface area contributed by atoms with E-state index in [1.807, 2.05) is 0 Å². The van der Waals surface area contributed by atoms with E-state index in [2.05, 4.69) is 4.74 Å². The van der Waals surface area contributed by atoms with E-state index in [1.165, 1.54) is 0 Å². The summed E-state index contributed by atoms with van der Waals surface area (Å²) in [5.41, 5.74) is 0. The Balaban J connectivity index is 3.56. The van der Waals surface area contributed by atoms with Crippen LogP contribution in [0.15, 0.2) is 0 Å². The third-order valence-corrected chi connectivity index (χ3v) is 1.71. The second-order valence-corrected chi connectivity index (χ2v) is 2.48. The van der Waals surface area contributed by atoms with Crippen molar-refractivity contribution in [2.45, 2.75) is 0 Å². The zero-order valence-electron chi connectivity index (χ0n) is 6.30. The molecule has 0 radical (unpaired) electrons. The van der Waals surface area contributed by atoms with Crippen LogP contribution in [0, 0.1) is 23.3 Å². The van der Waals surface area contributed by atoms with E-state index in [9.17, 15) is 17.6 Å². The summed E-state index contributed by atoms with van der Waals surface area (Å²) in [6, 6.07) is 0. The van der Waals surface area contributed by atoms with E-state index in [0.717, 1.165) is 7.11 Å². The molecular weight excluding hydrogens is 212 g/mol. The van der Waals surface area contributed by atoms with Crippen LogP contribution in [-0.2, 0) is 0 Å². The molecule has 0 aliphatic heterocycles. The third kappa shape index (κ3) is 1.44. The minimum absolute atomic E-state index is 0.883. The van der Waals surface area contributed by atoms with Gasteiger partial charge in [-0.15, -0.1) is 0 Å². The van der Waals surface area contributed by atoms with Gasteiger partial charge >= 0.3 is 0 Å². The predicted octanol–water partition coefficient (Wildman–Crippen LogP) is 2.91. The molecule has 0 amide bonds. The number of halogens is 5. The van der Waals surface area contributed by atoms with Crippen LogP contribution in [0.25, 0.3) is 0 Å². The fraction of sp³-hybridized carbons (Fsp3) is 0.143. The maximum atomic E-state index is 12.7. The fourth-order valence-corrected chi connectivity index (χ4v) is 0.930. The summed E-state index contributed by atoms with van der Waals surface area (Å²) < 4.78 is 54.8. The van der Waals surface area contributed by atoms with Crippen LogP contribution in [0.2, 0.25) is 5.02 Å². The normalized spacial score (nSPS) is 10.3. The maximum Gasteiger partial charge on any atom is 0.205 e. The topological polar surface area (TPSA) is 9.23 Å². The van der Waals surface area contributed by atoms with E-state index < -0.39 is 34.0 Å². The molecule has 0 aromatic heterocycles. The van der Waals surface area contributed by atoms with Crippen molar-refractivity contribution in [1.29, 1.82) is 0 Å². The molecule has 1 aromatic rings. The van der Waals surface area contributed by atoms with Gasteiger partial charge in [0.1, 0.15) is 5.02 Å². The lowest BCUT2D eigenvalue weighted by Gasteiger charge is -2.06. The first-order chi connectivity index (χ1) is 6.00. The van der Waals surface area contributed by atoms with Crippen LogP contribution in [-0.4, -0.2) is 7.11 Å². The molecule has 0 aliphatic carbocycles. The van der Waals surface area contributed by atoms with Gasteiger partial charge in [0, 0.05) is 0 Å². The van der Waals surface area contributed by atoms with Crippen molar-refractivity contribution in [3.8, 4) is 5.75 Å². The average Bonchev–Trinajstić information content (AvgIpc) is 2.13. The molecule has 0 atom stereocenters. The molecule has 0 saturated carbocycles. The summed E-state index contributed by atoms with van der Waals surface area (Å²) in [6.07, 6.45) is 0. The highest BCUT2D eigenvalue weighted by molar-refractivity contribution is 6.30. The molecule has 0 heterocycles. The number of hydrogen-bond donors (Lipinski definition) is 0. The molecule has 0 saturated heterocycles. The summed E-state index contributed by atoms with van der Waals surface area (Å²) >= 11 is 4.93. The summed E-state index contributed by atoms with van der Waals surface area (Å²) in [7, 11) is 0.883. The van der Waals surface area contributed by atoms with Gasteiger partial charge in [0.25, 0.3) is 0 Å². The molecule has 0 N–H and O–H groups in total. The predicted molar refractivity (Wildman–Crippen MR) is 37.8 cm³/mol. The largest absolute Gasteiger partial charge is 0.491 e. The van der Waals surface area contributed by atoms with Gasteiger partial charge in [-0.3, -0.25) is 0 Å². The molecule has 1 nitrogen and oxygen atoms in total. The summed E-state index contributed by atoms with van der Waals surface area (Å²) in [6.45, 7) is 0. The molecule has 0 spiro atoms. The first kappa shape index (κ1) is 10.1. The summed E-state index contributed by atoms with van der Waals surface area (Å²) in [5, 5.41) is -1.23. The van der Waals surface area contributed by atoms with Gasteiger partial charge in [-0.2, -0.15) is 8.78 Å². The van der Waals surface area contributed by atoms with Crippen molar-refractivity contribution in [3.63, 3.8) is 0 Å². The van der Waals surface area contributed by atoms with Crippen molar-refractivity contribution in [1.82, 2.24) is 0 Å². The second-order valence-electron chi connectivity index (χ2n) is 2.10. The molecule has 0 bridgehead atoms. The summed E-state index contributed by atoms with van der Waals surface area (Å²) in [5.74, 6) is -7.76. The van der Waals surface area contributed by atoms with E-state index in [-0.39, 0.29) is 0 Å². The van der Waals surface area contributed by atoms with E-state index >= 15 is 0 Å². The van der Waals surface area contributed by atoms with E-state index in [1.54, 1.807) is 0 Å². The lowest BCUT2D eigenvalue weighted by Crippen LogP contribution is -2.01. The van der Waals surface area contributed by atoms with Crippen LogP contribution in [0.1, 0.15) is 0 Å². The standard InChI is InChI=1S/C7H3ClF4O/c1-13-7-5(11)3(9)2(8)4(10)6(7)12/h1H3. The smallest absolute Gasteiger partial charge is 0.205 e. The van der Waals surface area contributed by atoms with Crippen LogP contribution in [0.4, 0.5) is 17.6 Å². The monoisotopic (exact) mass is 214 g/mol. The quantitative estimate of drug-likeness (QED) is 0.397. The van der Waals surface area contributed by atoms with Crippen molar-refractivity contribution >= 4 is 11.6 Å². The Hall–Kier alpha value is -0.970. The lowest BCUT2D eigenvalue weighted by molar-refractivity contribution is 0.332. The van der Waals surface area contributed by atoms with Gasteiger partial charge in [-0.05, 0) is 0 Å². The molecule has 13 heavy (non-hydrogen) atoms. The summed E-state index contributed by atoms with van der Waals surface area (Å²) in [4.78, 5) is 0. The van der Waals surface area contributed by atoms with Crippen LogP contribution < -0.4 is 4.74 Å². The Kier molecular flexibility index (Phi) is 2.66. The maximum absolute atomic E-state index is 12.7. The average molecular weight is 215 g/mol. The van der Waals surface area contributed by atoms with Crippen LogP contribution in [0.3, 0.4) is 0 Å². The molecule has 0 unspecified atom stereocenters. The molecule has 72 valence electrons. The molecule has 0 fully saturated rings. The number of methoxy groups -OCH3 is 1. The van der Waals surface area contributed by atoms with Crippen molar-refractivity contribution in [3.05, 3.63) is 28.3 Å². The van der Waals surface area contributed by atoms with Crippen molar-refractivity contribution < 1.29 is 22.3 Å². The SMILES string of the molecule is COc1c(F)c(F)c(Cl)c(F)c1F. The molecule has 0 aliphatic rings. The zero-order chi connectivity index (χ0) is 10.2. The Labute approximate surface area is 75.9 Å². The van der Waals surface area contributed by atoms with E-state index in [4.69, 9.17) is 11.6 Å². The fourth-order valence-electron chi connectivity index (χ4n) is 0.764. The molecule has 1 aromatic carbocycles. The number of hydrogen-bond acceptors (Lipinski definition) is 1.